The van der Waals surface area contributed by atoms with Crippen LogP contribution >= 0.6 is 11.3 Å². The second kappa shape index (κ2) is 9.17. The van der Waals surface area contributed by atoms with E-state index in [1.54, 1.807) is 12.4 Å². The molecule has 0 radical (unpaired) electrons. The molecular weight excluding hydrogens is 322 g/mol. The number of amides is 2. The molecule has 2 heterocycles. The number of aromatic nitrogens is 1. The number of rotatable bonds is 8. The predicted molar refractivity (Wildman–Crippen MR) is 95.5 cm³/mol. The summed E-state index contributed by atoms with van der Waals surface area (Å²) in [7, 11) is 0. The van der Waals surface area contributed by atoms with E-state index in [1.165, 1.54) is 11.3 Å². The molecule has 2 amide bonds. The molecule has 6 heteroatoms. The lowest BCUT2D eigenvalue weighted by molar-refractivity contribution is -0.129. The number of hydrogen-bond donors (Lipinski definition) is 2. The molecule has 0 unspecified atom stereocenters. The summed E-state index contributed by atoms with van der Waals surface area (Å²) in [6.45, 7) is 4.47. The highest BCUT2D eigenvalue weighted by Gasteiger charge is 2.21. The molecule has 128 valence electrons. The third-order valence-electron chi connectivity index (χ3n) is 3.46. The zero-order chi connectivity index (χ0) is 17.4. The standard InChI is InChI=1S/C18H23N3O2S/c1-13(2)9-16(21-17(22)10-15-6-4-8-24-15)18(23)20-12-14-5-3-7-19-11-14/h3-8,11,13,16H,9-10,12H2,1-2H3,(H,20,23)(H,21,22)/t16-/m1/s1. The molecule has 5 nitrogen and oxygen atoms in total. The summed E-state index contributed by atoms with van der Waals surface area (Å²) in [5.74, 6) is 0.0212. The molecule has 0 aliphatic carbocycles. The van der Waals surface area contributed by atoms with Gasteiger partial charge in [0.2, 0.25) is 11.8 Å². The van der Waals surface area contributed by atoms with E-state index in [-0.39, 0.29) is 11.8 Å². The maximum atomic E-state index is 12.4. The SMILES string of the molecule is CC(C)C[C@@H](NC(=O)Cc1cccs1)C(=O)NCc1cccnc1. The van der Waals surface area contributed by atoms with Crippen molar-refractivity contribution < 1.29 is 9.59 Å². The first-order valence-electron chi connectivity index (χ1n) is 8.03. The van der Waals surface area contributed by atoms with Gasteiger partial charge in [0.1, 0.15) is 6.04 Å². The Morgan fingerprint density at radius 3 is 2.71 bits per heavy atom. The van der Waals surface area contributed by atoms with Crippen molar-refractivity contribution in [1.29, 1.82) is 0 Å². The van der Waals surface area contributed by atoms with E-state index in [9.17, 15) is 9.59 Å². The largest absolute Gasteiger partial charge is 0.350 e. The highest BCUT2D eigenvalue weighted by atomic mass is 32.1. The molecule has 0 aliphatic heterocycles. The molecule has 2 N–H and O–H groups in total. The van der Waals surface area contributed by atoms with Gasteiger partial charge in [0.05, 0.1) is 6.42 Å². The number of hydrogen-bond acceptors (Lipinski definition) is 4. The van der Waals surface area contributed by atoms with Gasteiger partial charge in [0, 0.05) is 23.8 Å². The Hall–Kier alpha value is -2.21. The summed E-state index contributed by atoms with van der Waals surface area (Å²) in [6.07, 6.45) is 4.32. The lowest BCUT2D eigenvalue weighted by Crippen LogP contribution is -2.47. The number of carbonyl (C=O) groups excluding carboxylic acids is 2. The fraction of sp³-hybridized carbons (Fsp3) is 0.389. The van der Waals surface area contributed by atoms with E-state index in [0.29, 0.717) is 25.3 Å². The van der Waals surface area contributed by atoms with E-state index in [1.807, 2.05) is 43.5 Å². The maximum Gasteiger partial charge on any atom is 0.242 e. The van der Waals surface area contributed by atoms with E-state index >= 15 is 0 Å². The summed E-state index contributed by atoms with van der Waals surface area (Å²) in [6, 6.07) is 7.05. The minimum absolute atomic E-state index is 0.125. The number of pyridine rings is 1. The van der Waals surface area contributed by atoms with Crippen molar-refractivity contribution in [2.75, 3.05) is 0 Å². The molecule has 2 aromatic rings. The zero-order valence-corrected chi connectivity index (χ0v) is 14.8. The summed E-state index contributed by atoms with van der Waals surface area (Å²) in [5, 5.41) is 7.68. The third kappa shape index (κ3) is 6.12. The van der Waals surface area contributed by atoms with Crippen LogP contribution in [-0.2, 0) is 22.6 Å². The van der Waals surface area contributed by atoms with Gasteiger partial charge >= 0.3 is 0 Å². The second-order valence-corrected chi connectivity index (χ2v) is 7.12. The number of nitrogens with zero attached hydrogens (tertiary/aromatic N) is 1. The first-order chi connectivity index (χ1) is 11.5. The lowest BCUT2D eigenvalue weighted by atomic mass is 10.0. The van der Waals surface area contributed by atoms with Gasteiger partial charge in [-0.15, -0.1) is 11.3 Å². The van der Waals surface area contributed by atoms with Crippen LogP contribution < -0.4 is 10.6 Å². The monoisotopic (exact) mass is 345 g/mol. The van der Waals surface area contributed by atoms with Gasteiger partial charge < -0.3 is 10.6 Å². The molecule has 0 aliphatic rings. The van der Waals surface area contributed by atoms with Gasteiger partial charge in [-0.2, -0.15) is 0 Å². The van der Waals surface area contributed by atoms with Gasteiger partial charge in [-0.05, 0) is 35.4 Å². The van der Waals surface area contributed by atoms with Crippen molar-refractivity contribution in [2.45, 2.75) is 39.3 Å². The van der Waals surface area contributed by atoms with Crippen LogP contribution in [0, 0.1) is 5.92 Å². The molecule has 0 saturated carbocycles. The lowest BCUT2D eigenvalue weighted by Gasteiger charge is -2.20. The molecule has 0 fully saturated rings. The van der Waals surface area contributed by atoms with Crippen molar-refractivity contribution in [3.8, 4) is 0 Å². The van der Waals surface area contributed by atoms with Crippen LogP contribution in [0.2, 0.25) is 0 Å². The Bertz CT molecular complexity index is 642. The van der Waals surface area contributed by atoms with Gasteiger partial charge in [-0.3, -0.25) is 14.6 Å². The summed E-state index contributed by atoms with van der Waals surface area (Å²) < 4.78 is 0. The van der Waals surface area contributed by atoms with E-state index < -0.39 is 6.04 Å². The molecule has 2 aromatic heterocycles. The molecule has 0 saturated heterocycles. The number of carbonyl (C=O) groups is 2. The van der Waals surface area contributed by atoms with Crippen molar-refractivity contribution in [3.63, 3.8) is 0 Å². The van der Waals surface area contributed by atoms with Gasteiger partial charge in [0.25, 0.3) is 0 Å². The predicted octanol–water partition coefficient (Wildman–Crippen LogP) is 2.53. The molecule has 2 rings (SSSR count). The van der Waals surface area contributed by atoms with Crippen LogP contribution in [0.5, 0.6) is 0 Å². The quantitative estimate of drug-likeness (QED) is 0.772. The van der Waals surface area contributed by atoms with Crippen LogP contribution in [0.4, 0.5) is 0 Å². The fourth-order valence-electron chi connectivity index (χ4n) is 2.33. The van der Waals surface area contributed by atoms with Crippen LogP contribution in [0.25, 0.3) is 0 Å². The average Bonchev–Trinajstić information content (AvgIpc) is 3.05. The number of nitrogens with one attached hydrogen (secondary N) is 2. The van der Waals surface area contributed by atoms with Crippen molar-refractivity contribution >= 4 is 23.2 Å². The average molecular weight is 345 g/mol. The first-order valence-corrected chi connectivity index (χ1v) is 8.91. The van der Waals surface area contributed by atoms with Gasteiger partial charge in [0.15, 0.2) is 0 Å². The zero-order valence-electron chi connectivity index (χ0n) is 14.0. The Labute approximate surface area is 146 Å². The van der Waals surface area contributed by atoms with Crippen LogP contribution in [-0.4, -0.2) is 22.8 Å². The van der Waals surface area contributed by atoms with Crippen LogP contribution in [0.3, 0.4) is 0 Å². The molecule has 0 bridgehead atoms. The normalized spacial score (nSPS) is 12.0. The highest BCUT2D eigenvalue weighted by Crippen LogP contribution is 2.10. The molecule has 1 atom stereocenters. The summed E-state index contributed by atoms with van der Waals surface area (Å²) in [4.78, 5) is 29.7. The van der Waals surface area contributed by atoms with Crippen LogP contribution in [0.1, 0.15) is 30.7 Å². The minimum Gasteiger partial charge on any atom is -0.350 e. The van der Waals surface area contributed by atoms with E-state index in [4.69, 9.17) is 0 Å². The Morgan fingerprint density at radius 1 is 1.25 bits per heavy atom. The Kier molecular flexibility index (Phi) is 6.93. The van der Waals surface area contributed by atoms with Crippen molar-refractivity contribution in [1.82, 2.24) is 15.6 Å². The summed E-state index contributed by atoms with van der Waals surface area (Å²) >= 11 is 1.54. The summed E-state index contributed by atoms with van der Waals surface area (Å²) in [5.41, 5.74) is 0.930. The molecule has 24 heavy (non-hydrogen) atoms. The molecule has 0 spiro atoms. The fourth-order valence-corrected chi connectivity index (χ4v) is 3.04. The van der Waals surface area contributed by atoms with Crippen molar-refractivity contribution in [3.05, 3.63) is 52.5 Å². The topological polar surface area (TPSA) is 71.1 Å². The van der Waals surface area contributed by atoms with Gasteiger partial charge in [-0.25, -0.2) is 0 Å². The van der Waals surface area contributed by atoms with Crippen LogP contribution in [0.15, 0.2) is 42.0 Å². The Balaban J connectivity index is 1.90. The molecule has 0 aromatic carbocycles. The smallest absolute Gasteiger partial charge is 0.242 e. The highest BCUT2D eigenvalue weighted by molar-refractivity contribution is 7.10. The second-order valence-electron chi connectivity index (χ2n) is 6.08. The number of thiophene rings is 1. The third-order valence-corrected chi connectivity index (χ3v) is 4.34. The van der Waals surface area contributed by atoms with E-state index in [2.05, 4.69) is 15.6 Å². The van der Waals surface area contributed by atoms with Gasteiger partial charge in [-0.1, -0.05) is 26.0 Å². The molecular formula is C18H23N3O2S. The minimum atomic E-state index is -0.519. The Morgan fingerprint density at radius 2 is 2.08 bits per heavy atom. The van der Waals surface area contributed by atoms with E-state index in [0.717, 1.165) is 10.4 Å². The first kappa shape index (κ1) is 18.1. The van der Waals surface area contributed by atoms with Crippen molar-refractivity contribution in [2.24, 2.45) is 5.92 Å². The maximum absolute atomic E-state index is 12.4.